The van der Waals surface area contributed by atoms with Gasteiger partial charge in [0, 0.05) is 47.3 Å². The third-order valence-corrected chi connectivity index (χ3v) is 5.96. The summed E-state index contributed by atoms with van der Waals surface area (Å²) in [6, 6.07) is 20.1. The van der Waals surface area contributed by atoms with Crippen LogP contribution in [0, 0.1) is 0 Å². The van der Waals surface area contributed by atoms with Crippen LogP contribution in [0.4, 0.5) is 0 Å². The summed E-state index contributed by atoms with van der Waals surface area (Å²) in [7, 11) is 0. The van der Waals surface area contributed by atoms with Gasteiger partial charge < -0.3 is 14.2 Å². The number of benzene rings is 3. The Morgan fingerprint density at radius 2 is 1.66 bits per heavy atom. The highest BCUT2D eigenvalue weighted by atomic mass is 16.7. The number of nitrogens with zero attached hydrogens (tertiary/aromatic N) is 3. The van der Waals surface area contributed by atoms with Crippen molar-refractivity contribution in [3.05, 3.63) is 83.4 Å². The summed E-state index contributed by atoms with van der Waals surface area (Å²) < 4.78 is 2.21. The molecule has 2 heterocycles. The Balaban J connectivity index is 1.50. The van der Waals surface area contributed by atoms with Crippen LogP contribution in [0.1, 0.15) is 41.8 Å². The maximum atomic E-state index is 12.3. The summed E-state index contributed by atoms with van der Waals surface area (Å²) in [6.07, 6.45) is 0.539. The van der Waals surface area contributed by atoms with Gasteiger partial charge in [0.05, 0.1) is 16.9 Å². The van der Waals surface area contributed by atoms with Crippen LogP contribution in [0.3, 0.4) is 0 Å². The summed E-state index contributed by atoms with van der Waals surface area (Å²) in [5.41, 5.74) is 5.16. The van der Waals surface area contributed by atoms with Gasteiger partial charge in [0.15, 0.2) is 0 Å². The zero-order valence-electron chi connectivity index (χ0n) is 19.1. The van der Waals surface area contributed by atoms with Crippen molar-refractivity contribution in [3.8, 4) is 0 Å². The maximum Gasteiger partial charge on any atom is 0.405 e. The predicted octanol–water partition coefficient (Wildman–Crippen LogP) is 4.62. The molecule has 0 bridgehead atoms. The van der Waals surface area contributed by atoms with Crippen LogP contribution in [-0.4, -0.2) is 33.7 Å². The fourth-order valence-corrected chi connectivity index (χ4v) is 4.33. The van der Waals surface area contributed by atoms with Gasteiger partial charge in [-0.05, 0) is 24.6 Å². The van der Waals surface area contributed by atoms with Crippen molar-refractivity contribution in [1.29, 1.82) is 0 Å². The fraction of sp³-hybridized carbons (Fsp3) is 0.148. The number of carbonyl (C=O) groups is 3. The van der Waals surface area contributed by atoms with Gasteiger partial charge in [0.25, 0.3) is 5.78 Å². The number of Topliss-reactive ketones (excluding diaryl/α,β-unsaturated/α-hetero) is 1. The Morgan fingerprint density at radius 3 is 2.43 bits per heavy atom. The lowest BCUT2D eigenvalue weighted by atomic mass is 10.0. The van der Waals surface area contributed by atoms with E-state index in [0.717, 1.165) is 32.9 Å². The van der Waals surface area contributed by atoms with Crippen molar-refractivity contribution in [2.75, 3.05) is 0 Å². The summed E-state index contributed by atoms with van der Waals surface area (Å²) in [4.78, 5) is 45.5. The minimum Gasteiger partial charge on any atom is -0.340 e. The molecule has 3 aromatic carbocycles. The standard InChI is InChI=1S/C27H21N3O5/c1-16(28-34-17(2)31)19-11-12-24-22(15-19)20-9-6-10-21-23(13-14-30(24)25(20)21)29-35-27(33)26(32)18-7-4-3-5-8-18/h3-12,15H,13-14H2,1-2H3/b28-16+,29-23+. The number of hydrogen-bond acceptors (Lipinski definition) is 7. The smallest absolute Gasteiger partial charge is 0.340 e. The van der Waals surface area contributed by atoms with Gasteiger partial charge in [-0.25, -0.2) is 9.59 Å². The van der Waals surface area contributed by atoms with Crippen LogP contribution in [0.5, 0.6) is 0 Å². The lowest BCUT2D eigenvalue weighted by Crippen LogP contribution is -2.19. The van der Waals surface area contributed by atoms with Gasteiger partial charge in [0.1, 0.15) is 0 Å². The highest BCUT2D eigenvalue weighted by Crippen LogP contribution is 2.35. The maximum absolute atomic E-state index is 12.3. The molecule has 35 heavy (non-hydrogen) atoms. The second-order valence-corrected chi connectivity index (χ2v) is 8.21. The number of fused-ring (bicyclic) bond motifs is 3. The molecule has 0 radical (unpaired) electrons. The molecule has 0 N–H and O–H groups in total. The van der Waals surface area contributed by atoms with E-state index in [9.17, 15) is 14.4 Å². The van der Waals surface area contributed by atoms with E-state index in [-0.39, 0.29) is 5.56 Å². The van der Waals surface area contributed by atoms with Crippen molar-refractivity contribution in [2.24, 2.45) is 10.3 Å². The van der Waals surface area contributed by atoms with Crippen molar-refractivity contribution in [3.63, 3.8) is 0 Å². The molecule has 0 spiro atoms. The minimum absolute atomic E-state index is 0.256. The van der Waals surface area contributed by atoms with Gasteiger partial charge in [-0.1, -0.05) is 64.9 Å². The number of rotatable bonds is 5. The van der Waals surface area contributed by atoms with E-state index in [1.807, 2.05) is 36.4 Å². The number of hydrogen-bond donors (Lipinski definition) is 0. The molecule has 1 aromatic heterocycles. The van der Waals surface area contributed by atoms with Gasteiger partial charge >= 0.3 is 11.9 Å². The molecule has 0 fully saturated rings. The molecule has 8 heteroatoms. The Hall–Kier alpha value is -4.59. The number of oxime groups is 2. The first-order chi connectivity index (χ1) is 16.9. The number of para-hydroxylation sites is 1. The number of carbonyl (C=O) groups excluding carboxylic acids is 3. The monoisotopic (exact) mass is 467 g/mol. The molecule has 1 aliphatic rings. The van der Waals surface area contributed by atoms with Gasteiger partial charge in [-0.3, -0.25) is 4.79 Å². The molecule has 0 aliphatic carbocycles. The van der Waals surface area contributed by atoms with E-state index in [4.69, 9.17) is 9.68 Å². The molecular weight excluding hydrogens is 446 g/mol. The predicted molar refractivity (Wildman–Crippen MR) is 131 cm³/mol. The van der Waals surface area contributed by atoms with E-state index < -0.39 is 17.7 Å². The molecule has 8 nitrogen and oxygen atoms in total. The molecule has 1 aliphatic heterocycles. The lowest BCUT2D eigenvalue weighted by Gasteiger charge is -2.17. The highest BCUT2D eigenvalue weighted by molar-refractivity contribution is 6.40. The number of aryl methyl sites for hydroxylation is 1. The quantitative estimate of drug-likeness (QED) is 0.140. The zero-order valence-corrected chi connectivity index (χ0v) is 19.1. The van der Waals surface area contributed by atoms with Crippen LogP contribution >= 0.6 is 0 Å². The van der Waals surface area contributed by atoms with E-state index in [0.29, 0.717) is 24.4 Å². The van der Waals surface area contributed by atoms with Gasteiger partial charge in [-0.15, -0.1) is 0 Å². The van der Waals surface area contributed by atoms with Gasteiger partial charge in [0.2, 0.25) is 0 Å². The van der Waals surface area contributed by atoms with Crippen molar-refractivity contribution in [2.45, 2.75) is 26.8 Å². The van der Waals surface area contributed by atoms with Crippen LogP contribution in [0.15, 0.2) is 77.0 Å². The fourth-order valence-electron chi connectivity index (χ4n) is 4.33. The molecule has 0 saturated heterocycles. The minimum atomic E-state index is -1.02. The zero-order chi connectivity index (χ0) is 24.5. The molecular formula is C27H21N3O5. The van der Waals surface area contributed by atoms with E-state index in [1.165, 1.54) is 6.92 Å². The second-order valence-electron chi connectivity index (χ2n) is 8.21. The third kappa shape index (κ3) is 4.10. The van der Waals surface area contributed by atoms with E-state index in [1.54, 1.807) is 37.3 Å². The first kappa shape index (κ1) is 22.2. The van der Waals surface area contributed by atoms with Crippen molar-refractivity contribution in [1.82, 2.24) is 4.57 Å². The highest BCUT2D eigenvalue weighted by Gasteiger charge is 2.24. The lowest BCUT2D eigenvalue weighted by molar-refractivity contribution is -0.141. The topological polar surface area (TPSA) is 99.3 Å². The Bertz CT molecular complexity index is 1560. The summed E-state index contributed by atoms with van der Waals surface area (Å²) in [5, 5.41) is 10.0. The average Bonchev–Trinajstić information content (AvgIpc) is 3.21. The molecule has 0 unspecified atom stereocenters. The van der Waals surface area contributed by atoms with Gasteiger partial charge in [-0.2, -0.15) is 0 Å². The molecule has 174 valence electrons. The molecule has 4 aromatic rings. The Morgan fingerprint density at radius 1 is 0.857 bits per heavy atom. The number of ketones is 1. The third-order valence-electron chi connectivity index (χ3n) is 5.96. The van der Waals surface area contributed by atoms with Crippen molar-refractivity contribution >= 4 is 51.0 Å². The first-order valence-electron chi connectivity index (χ1n) is 11.1. The molecule has 0 atom stereocenters. The SMILES string of the molecule is CC(=O)O/N=C(\C)c1ccc2c(c1)c1cccc3c1n2CC/C3=N\OC(=O)C(=O)c1ccccc1. The number of aromatic nitrogens is 1. The van der Waals surface area contributed by atoms with Crippen LogP contribution in [-0.2, 0) is 25.8 Å². The average molecular weight is 467 g/mol. The largest absolute Gasteiger partial charge is 0.405 e. The van der Waals surface area contributed by atoms with Crippen LogP contribution in [0.2, 0.25) is 0 Å². The summed E-state index contributed by atoms with van der Waals surface area (Å²) >= 11 is 0. The van der Waals surface area contributed by atoms with E-state index >= 15 is 0 Å². The first-order valence-corrected chi connectivity index (χ1v) is 11.1. The summed E-state index contributed by atoms with van der Waals surface area (Å²) in [5.74, 6) is -2.24. The molecule has 0 saturated carbocycles. The van der Waals surface area contributed by atoms with Crippen LogP contribution in [0.25, 0.3) is 21.8 Å². The second kappa shape index (κ2) is 8.98. The molecule has 5 rings (SSSR count). The molecule has 0 amide bonds. The van der Waals surface area contributed by atoms with Crippen molar-refractivity contribution < 1.29 is 24.1 Å². The summed E-state index contributed by atoms with van der Waals surface area (Å²) in [6.45, 7) is 3.72. The van der Waals surface area contributed by atoms with Crippen LogP contribution < -0.4 is 0 Å². The normalized spacial score (nSPS) is 14.3. The Kier molecular flexibility index (Phi) is 5.70. The Labute approximate surface area is 200 Å². The van der Waals surface area contributed by atoms with E-state index in [2.05, 4.69) is 14.9 Å².